The molecule has 0 N–H and O–H groups in total. The Balaban J connectivity index is 3.33. The molecule has 0 saturated carbocycles. The zero-order valence-electron chi connectivity index (χ0n) is 9.99. The van der Waals surface area contributed by atoms with Crippen LogP contribution in [0.3, 0.4) is 0 Å². The molecule has 1 nitrogen and oxygen atoms in total. The molecular weight excluding hydrogens is 274 g/mol. The minimum absolute atomic E-state index is 0.117. The molecule has 0 aliphatic rings. The maximum absolute atomic E-state index is 12.4. The number of carbonyl (C=O) groups is 1. The average Bonchev–Trinajstić information content (AvgIpc) is 2.17. The quantitative estimate of drug-likeness (QED) is 0.587. The third kappa shape index (κ3) is 3.27. The van der Waals surface area contributed by atoms with Crippen LogP contribution in [-0.2, 0) is 0 Å². The molecule has 0 saturated heterocycles. The van der Waals surface area contributed by atoms with Gasteiger partial charge in [-0.1, -0.05) is 18.2 Å². The fourth-order valence-electron chi connectivity index (χ4n) is 1.66. The molecule has 19 heavy (non-hydrogen) atoms. The van der Waals surface area contributed by atoms with Crippen LogP contribution in [0.4, 0.5) is 26.3 Å². The Morgan fingerprint density at radius 3 is 1.89 bits per heavy atom. The Labute approximate surface area is 105 Å². The minimum atomic E-state index is -5.66. The first-order valence-corrected chi connectivity index (χ1v) is 5.20. The monoisotopic (exact) mass is 284 g/mol. The van der Waals surface area contributed by atoms with Crippen LogP contribution in [-0.4, -0.2) is 18.1 Å². The zero-order chi connectivity index (χ0) is 15.0. The van der Waals surface area contributed by atoms with Gasteiger partial charge in [0.1, 0.15) is 0 Å². The van der Waals surface area contributed by atoms with Crippen molar-refractivity contribution in [3.05, 3.63) is 34.9 Å². The summed E-state index contributed by atoms with van der Waals surface area (Å²) in [6, 6.07) is 3.72. The van der Waals surface area contributed by atoms with Crippen molar-refractivity contribution in [1.82, 2.24) is 0 Å². The Bertz CT molecular complexity index is 472. The molecule has 1 rings (SSSR count). The highest BCUT2D eigenvalue weighted by atomic mass is 19.4. The number of rotatable bonds is 2. The van der Waals surface area contributed by atoms with Gasteiger partial charge in [0.25, 0.3) is 0 Å². The van der Waals surface area contributed by atoms with Crippen LogP contribution in [0.2, 0.25) is 0 Å². The van der Waals surface area contributed by atoms with E-state index in [0.717, 1.165) is 6.07 Å². The standard InChI is InChI=1S/C12H10F6O/c1-6-4-3-5-8(7(6)2)9(19)10(11(13,14)15)12(16,17)18/h3-5,10H,1-2H3. The molecule has 0 unspecified atom stereocenters. The molecule has 0 spiro atoms. The predicted molar refractivity (Wildman–Crippen MR) is 55.8 cm³/mol. The van der Waals surface area contributed by atoms with Gasteiger partial charge in [-0.15, -0.1) is 0 Å². The van der Waals surface area contributed by atoms with Gasteiger partial charge in [-0.25, -0.2) is 0 Å². The molecule has 0 radical (unpaired) electrons. The van der Waals surface area contributed by atoms with E-state index < -0.39 is 29.6 Å². The van der Waals surface area contributed by atoms with Crippen LogP contribution < -0.4 is 0 Å². The summed E-state index contributed by atoms with van der Waals surface area (Å²) in [6.07, 6.45) is -11.3. The van der Waals surface area contributed by atoms with Crippen LogP contribution in [0.15, 0.2) is 18.2 Å². The highest BCUT2D eigenvalue weighted by Gasteiger charge is 2.61. The fraction of sp³-hybridized carbons (Fsp3) is 0.417. The van der Waals surface area contributed by atoms with Crippen molar-refractivity contribution < 1.29 is 31.1 Å². The summed E-state index contributed by atoms with van der Waals surface area (Å²) < 4.78 is 74.7. The second-order valence-electron chi connectivity index (χ2n) is 4.13. The van der Waals surface area contributed by atoms with Gasteiger partial charge in [-0.2, -0.15) is 26.3 Å². The van der Waals surface area contributed by atoms with Crippen molar-refractivity contribution in [1.29, 1.82) is 0 Å². The number of aryl methyl sites for hydroxylation is 1. The third-order valence-electron chi connectivity index (χ3n) is 2.79. The number of Topliss-reactive ketones (excluding diaryl/α,β-unsaturated/α-hetero) is 1. The Morgan fingerprint density at radius 1 is 1.00 bits per heavy atom. The van der Waals surface area contributed by atoms with Crippen molar-refractivity contribution >= 4 is 5.78 Å². The van der Waals surface area contributed by atoms with E-state index in [0.29, 0.717) is 5.56 Å². The van der Waals surface area contributed by atoms with E-state index >= 15 is 0 Å². The number of carbonyl (C=O) groups excluding carboxylic acids is 1. The zero-order valence-corrected chi connectivity index (χ0v) is 9.99. The SMILES string of the molecule is Cc1cccc(C(=O)C(C(F)(F)F)C(F)(F)F)c1C. The number of alkyl halides is 6. The average molecular weight is 284 g/mol. The van der Waals surface area contributed by atoms with Gasteiger partial charge in [-0.3, -0.25) is 4.79 Å². The predicted octanol–water partition coefficient (Wildman–Crippen LogP) is 4.23. The van der Waals surface area contributed by atoms with Gasteiger partial charge in [0.15, 0.2) is 5.78 Å². The van der Waals surface area contributed by atoms with E-state index in [1.807, 2.05) is 0 Å². The molecule has 0 fully saturated rings. The highest BCUT2D eigenvalue weighted by molar-refractivity contribution is 6.00. The van der Waals surface area contributed by atoms with Crippen LogP contribution in [0, 0.1) is 19.8 Å². The summed E-state index contributed by atoms with van der Waals surface area (Å²) in [4.78, 5) is 11.6. The lowest BCUT2D eigenvalue weighted by molar-refractivity contribution is -0.264. The number of ketones is 1. The number of hydrogen-bond donors (Lipinski definition) is 0. The van der Waals surface area contributed by atoms with Crippen LogP contribution in [0.5, 0.6) is 0 Å². The van der Waals surface area contributed by atoms with E-state index in [1.54, 1.807) is 0 Å². The molecule has 1 aromatic rings. The van der Waals surface area contributed by atoms with Gasteiger partial charge in [0.05, 0.1) is 0 Å². The summed E-state index contributed by atoms with van der Waals surface area (Å²) in [6.45, 7) is 2.81. The lowest BCUT2D eigenvalue weighted by Crippen LogP contribution is -2.42. The van der Waals surface area contributed by atoms with Crippen LogP contribution >= 0.6 is 0 Å². The highest BCUT2D eigenvalue weighted by Crippen LogP contribution is 2.41. The molecule has 0 atom stereocenters. The second kappa shape index (κ2) is 4.86. The second-order valence-corrected chi connectivity index (χ2v) is 4.13. The number of benzene rings is 1. The van der Waals surface area contributed by atoms with Crippen molar-refractivity contribution in [2.75, 3.05) is 0 Å². The van der Waals surface area contributed by atoms with E-state index in [9.17, 15) is 31.1 Å². The number of halogens is 6. The summed E-state index contributed by atoms with van der Waals surface area (Å²) in [5.41, 5.74) is 0.0135. The molecule has 0 bridgehead atoms. The first-order chi connectivity index (χ1) is 8.46. The van der Waals surface area contributed by atoms with E-state index in [1.165, 1.54) is 26.0 Å². The first kappa shape index (κ1) is 15.5. The minimum Gasteiger partial charge on any atom is -0.293 e. The molecule has 0 aliphatic carbocycles. The maximum atomic E-state index is 12.4. The summed E-state index contributed by atoms with van der Waals surface area (Å²) in [5.74, 6) is -5.96. The maximum Gasteiger partial charge on any atom is 0.407 e. The van der Waals surface area contributed by atoms with Gasteiger partial charge in [-0.05, 0) is 25.0 Å². The fourth-order valence-corrected chi connectivity index (χ4v) is 1.66. The van der Waals surface area contributed by atoms with E-state index in [-0.39, 0.29) is 5.56 Å². The van der Waals surface area contributed by atoms with Crippen molar-refractivity contribution in [2.45, 2.75) is 26.2 Å². The molecular formula is C12H10F6O. The number of hydrogen-bond acceptors (Lipinski definition) is 1. The topological polar surface area (TPSA) is 17.1 Å². The van der Waals surface area contributed by atoms with Gasteiger partial charge < -0.3 is 0 Å². The molecule has 0 amide bonds. The smallest absolute Gasteiger partial charge is 0.293 e. The Hall–Kier alpha value is -1.53. The molecule has 0 heterocycles. The van der Waals surface area contributed by atoms with Gasteiger partial charge >= 0.3 is 12.4 Å². The largest absolute Gasteiger partial charge is 0.407 e. The molecule has 0 aliphatic heterocycles. The Kier molecular flexibility index (Phi) is 3.97. The van der Waals surface area contributed by atoms with Crippen molar-refractivity contribution in [2.24, 2.45) is 5.92 Å². The van der Waals surface area contributed by atoms with E-state index in [4.69, 9.17) is 0 Å². The molecule has 1 aromatic carbocycles. The normalized spacial score (nSPS) is 12.9. The summed E-state index contributed by atoms with van der Waals surface area (Å²) in [5, 5.41) is 0. The summed E-state index contributed by atoms with van der Waals surface area (Å²) >= 11 is 0. The molecule has 0 aromatic heterocycles. The van der Waals surface area contributed by atoms with Crippen molar-refractivity contribution in [3.8, 4) is 0 Å². The molecule has 106 valence electrons. The van der Waals surface area contributed by atoms with Crippen LogP contribution in [0.25, 0.3) is 0 Å². The van der Waals surface area contributed by atoms with Crippen LogP contribution in [0.1, 0.15) is 21.5 Å². The lowest BCUT2D eigenvalue weighted by atomic mass is 9.91. The van der Waals surface area contributed by atoms with E-state index in [2.05, 4.69) is 0 Å². The lowest BCUT2D eigenvalue weighted by Gasteiger charge is -2.22. The first-order valence-electron chi connectivity index (χ1n) is 5.20. The molecule has 7 heteroatoms. The third-order valence-corrected chi connectivity index (χ3v) is 2.79. The van der Waals surface area contributed by atoms with Crippen molar-refractivity contribution in [3.63, 3.8) is 0 Å². The Morgan fingerprint density at radius 2 is 1.47 bits per heavy atom. The van der Waals surface area contributed by atoms with Gasteiger partial charge in [0, 0.05) is 5.56 Å². The summed E-state index contributed by atoms with van der Waals surface area (Å²) in [7, 11) is 0. The van der Waals surface area contributed by atoms with Gasteiger partial charge in [0.2, 0.25) is 5.92 Å².